The zero-order valence-electron chi connectivity index (χ0n) is 9.57. The Kier molecular flexibility index (Phi) is 3.08. The number of nitrogens with one attached hydrogen (secondary N) is 1. The van der Waals surface area contributed by atoms with E-state index in [0.29, 0.717) is 11.8 Å². The molecule has 0 aromatic carbocycles. The van der Waals surface area contributed by atoms with Gasteiger partial charge in [-0.1, -0.05) is 12.8 Å². The van der Waals surface area contributed by atoms with E-state index in [9.17, 15) is 8.42 Å². The van der Waals surface area contributed by atoms with Gasteiger partial charge in [0.2, 0.25) is 10.0 Å². The molecule has 88 valence electrons. The van der Waals surface area contributed by atoms with E-state index in [1.807, 2.05) is 6.92 Å². The van der Waals surface area contributed by atoms with Crippen molar-refractivity contribution in [1.29, 1.82) is 0 Å². The number of hydrogen-bond donors (Lipinski definition) is 1. The highest BCUT2D eigenvalue weighted by atomic mass is 32.2. The number of hydrogen-bond acceptors (Lipinski definition) is 2. The molecule has 3 aliphatic rings. The predicted molar refractivity (Wildman–Crippen MR) is 61.0 cm³/mol. The van der Waals surface area contributed by atoms with Crippen molar-refractivity contribution in [3.63, 3.8) is 0 Å². The molecule has 3 saturated carbocycles. The summed E-state index contributed by atoms with van der Waals surface area (Å²) in [6, 6.07) is 0. The van der Waals surface area contributed by atoms with Gasteiger partial charge in [0.15, 0.2) is 0 Å². The lowest BCUT2D eigenvalue weighted by molar-refractivity contribution is 0.0980. The Hall–Kier alpha value is -0.0900. The fourth-order valence-electron chi connectivity index (χ4n) is 3.42. The highest BCUT2D eigenvalue weighted by Gasteiger charge is 2.41. The lowest BCUT2D eigenvalue weighted by atomic mass is 9.64. The Labute approximate surface area is 92.7 Å². The van der Waals surface area contributed by atoms with Gasteiger partial charge in [-0.2, -0.15) is 0 Å². The Morgan fingerprint density at radius 2 is 1.80 bits per heavy atom. The molecule has 0 saturated heterocycles. The summed E-state index contributed by atoms with van der Waals surface area (Å²) in [5, 5.41) is -0.212. The van der Waals surface area contributed by atoms with Crippen molar-refractivity contribution in [2.45, 2.75) is 44.3 Å². The van der Waals surface area contributed by atoms with E-state index in [0.717, 1.165) is 12.3 Å². The molecule has 4 heteroatoms. The van der Waals surface area contributed by atoms with Crippen LogP contribution in [-0.2, 0) is 10.0 Å². The molecule has 2 atom stereocenters. The third kappa shape index (κ3) is 2.07. The third-order valence-corrected chi connectivity index (χ3v) is 6.38. The molecule has 0 heterocycles. The van der Waals surface area contributed by atoms with E-state index in [4.69, 9.17) is 0 Å². The van der Waals surface area contributed by atoms with E-state index in [1.165, 1.54) is 32.7 Å². The maximum absolute atomic E-state index is 11.8. The van der Waals surface area contributed by atoms with Crippen LogP contribution in [0.4, 0.5) is 0 Å². The van der Waals surface area contributed by atoms with E-state index in [-0.39, 0.29) is 5.25 Å². The van der Waals surface area contributed by atoms with Crippen LogP contribution in [0.25, 0.3) is 0 Å². The maximum atomic E-state index is 11.8. The van der Waals surface area contributed by atoms with Gasteiger partial charge in [-0.25, -0.2) is 13.1 Å². The number of rotatable bonds is 3. The van der Waals surface area contributed by atoms with Crippen LogP contribution in [0.1, 0.15) is 39.0 Å². The molecule has 3 nitrogen and oxygen atoms in total. The van der Waals surface area contributed by atoms with Crippen LogP contribution in [0.15, 0.2) is 0 Å². The Bertz CT molecular complexity index is 317. The second kappa shape index (κ2) is 4.06. The highest BCUT2D eigenvalue weighted by molar-refractivity contribution is 7.90. The summed E-state index contributed by atoms with van der Waals surface area (Å²) in [6.45, 7) is 1.87. The van der Waals surface area contributed by atoms with E-state index < -0.39 is 10.0 Å². The minimum absolute atomic E-state index is 0.212. The van der Waals surface area contributed by atoms with Crippen LogP contribution in [0.5, 0.6) is 0 Å². The van der Waals surface area contributed by atoms with Gasteiger partial charge in [0.05, 0.1) is 5.25 Å². The second-order valence-corrected chi connectivity index (χ2v) is 7.38. The topological polar surface area (TPSA) is 46.2 Å². The molecule has 0 radical (unpaired) electrons. The molecule has 0 aliphatic heterocycles. The van der Waals surface area contributed by atoms with Crippen LogP contribution in [0, 0.1) is 17.8 Å². The van der Waals surface area contributed by atoms with Crippen LogP contribution in [-0.4, -0.2) is 20.7 Å². The Morgan fingerprint density at radius 1 is 1.20 bits per heavy atom. The SMILES string of the molecule is CNS(=O)(=O)C(C)C1CC2CCC1CC2. The molecular formula is C11H21NO2S. The predicted octanol–water partition coefficient (Wildman–Crippen LogP) is 1.75. The molecule has 0 amide bonds. The normalized spacial score (nSPS) is 37.9. The number of fused-ring (bicyclic) bond motifs is 3. The smallest absolute Gasteiger partial charge is 0.214 e. The summed E-state index contributed by atoms with van der Waals surface area (Å²) < 4.78 is 26.0. The molecular weight excluding hydrogens is 210 g/mol. The molecule has 3 aliphatic carbocycles. The molecule has 3 fully saturated rings. The standard InChI is InChI=1S/C11H21NO2S/c1-8(15(13,14)12-2)11-7-9-3-5-10(11)6-4-9/h8-12H,3-7H2,1-2H3. The van der Waals surface area contributed by atoms with Gasteiger partial charge >= 0.3 is 0 Å². The van der Waals surface area contributed by atoms with Gasteiger partial charge < -0.3 is 0 Å². The maximum Gasteiger partial charge on any atom is 0.214 e. The van der Waals surface area contributed by atoms with Crippen LogP contribution in [0.2, 0.25) is 0 Å². The highest BCUT2D eigenvalue weighted by Crippen LogP contribution is 2.47. The lowest BCUT2D eigenvalue weighted by Gasteiger charge is -2.44. The van der Waals surface area contributed by atoms with Crippen molar-refractivity contribution in [2.75, 3.05) is 7.05 Å². The second-order valence-electron chi connectivity index (χ2n) is 5.13. The molecule has 2 unspecified atom stereocenters. The zero-order chi connectivity index (χ0) is 11.1. The first-order chi connectivity index (χ1) is 7.04. The van der Waals surface area contributed by atoms with Gasteiger partial charge in [0, 0.05) is 0 Å². The van der Waals surface area contributed by atoms with Gasteiger partial charge in [-0.15, -0.1) is 0 Å². The van der Waals surface area contributed by atoms with Crippen molar-refractivity contribution in [3.8, 4) is 0 Å². The van der Waals surface area contributed by atoms with Crippen molar-refractivity contribution in [1.82, 2.24) is 4.72 Å². The van der Waals surface area contributed by atoms with Crippen LogP contribution < -0.4 is 4.72 Å². The van der Waals surface area contributed by atoms with Crippen LogP contribution >= 0.6 is 0 Å². The van der Waals surface area contributed by atoms with E-state index in [1.54, 1.807) is 0 Å². The Morgan fingerprint density at radius 3 is 2.20 bits per heavy atom. The van der Waals surface area contributed by atoms with Crippen LogP contribution in [0.3, 0.4) is 0 Å². The number of sulfonamides is 1. The first-order valence-electron chi connectivity index (χ1n) is 5.97. The molecule has 1 N–H and O–H groups in total. The average Bonchev–Trinajstić information content (AvgIpc) is 2.29. The van der Waals surface area contributed by atoms with E-state index in [2.05, 4.69) is 4.72 Å². The molecule has 15 heavy (non-hydrogen) atoms. The zero-order valence-corrected chi connectivity index (χ0v) is 10.4. The van der Waals surface area contributed by atoms with Crippen molar-refractivity contribution in [3.05, 3.63) is 0 Å². The van der Waals surface area contributed by atoms with Crippen molar-refractivity contribution >= 4 is 10.0 Å². The first kappa shape index (κ1) is 11.4. The van der Waals surface area contributed by atoms with Gasteiger partial charge in [-0.05, 0) is 51.0 Å². The van der Waals surface area contributed by atoms with E-state index >= 15 is 0 Å². The first-order valence-corrected chi connectivity index (χ1v) is 7.51. The third-order valence-electron chi connectivity index (χ3n) is 4.48. The summed E-state index contributed by atoms with van der Waals surface area (Å²) in [4.78, 5) is 0. The Balaban J connectivity index is 2.11. The molecule has 3 rings (SSSR count). The summed E-state index contributed by atoms with van der Waals surface area (Å²) in [5.41, 5.74) is 0. The van der Waals surface area contributed by atoms with Gasteiger partial charge in [0.25, 0.3) is 0 Å². The minimum Gasteiger partial charge on any atom is -0.218 e. The molecule has 0 aromatic heterocycles. The fourth-order valence-corrected chi connectivity index (χ4v) is 4.59. The van der Waals surface area contributed by atoms with Crippen molar-refractivity contribution < 1.29 is 8.42 Å². The van der Waals surface area contributed by atoms with Gasteiger partial charge in [-0.3, -0.25) is 0 Å². The summed E-state index contributed by atoms with van der Waals surface area (Å²) in [7, 11) is -1.55. The minimum atomic E-state index is -3.07. The quantitative estimate of drug-likeness (QED) is 0.804. The summed E-state index contributed by atoms with van der Waals surface area (Å²) in [6.07, 6.45) is 6.28. The average molecular weight is 231 g/mol. The monoisotopic (exact) mass is 231 g/mol. The molecule has 0 spiro atoms. The largest absolute Gasteiger partial charge is 0.218 e. The summed E-state index contributed by atoms with van der Waals surface area (Å²) >= 11 is 0. The fraction of sp³-hybridized carbons (Fsp3) is 1.00. The van der Waals surface area contributed by atoms with Gasteiger partial charge in [0.1, 0.15) is 0 Å². The molecule has 0 aromatic rings. The summed E-state index contributed by atoms with van der Waals surface area (Å²) in [5.74, 6) is 1.86. The molecule has 2 bridgehead atoms. The lowest BCUT2D eigenvalue weighted by Crippen LogP contribution is -2.43. The van der Waals surface area contributed by atoms with Crippen molar-refractivity contribution in [2.24, 2.45) is 17.8 Å².